The second kappa shape index (κ2) is 7.33. The van der Waals surface area contributed by atoms with Crippen LogP contribution in [0.1, 0.15) is 35.8 Å². The largest absolute Gasteiger partial charge is 0.381 e. The van der Waals surface area contributed by atoms with E-state index in [4.69, 9.17) is 14.5 Å². The van der Waals surface area contributed by atoms with Crippen molar-refractivity contribution in [2.24, 2.45) is 5.92 Å². The topological polar surface area (TPSA) is 43.4 Å². The lowest BCUT2D eigenvalue weighted by Crippen LogP contribution is -2.21. The minimum Gasteiger partial charge on any atom is -0.381 e. The first-order chi connectivity index (χ1) is 9.19. The highest BCUT2D eigenvalue weighted by atomic mass is 32.1. The molecule has 1 N–H and O–H groups in total. The number of methoxy groups -OCH3 is 1. The third-order valence-electron chi connectivity index (χ3n) is 3.26. The molecule has 1 unspecified atom stereocenters. The predicted octanol–water partition coefficient (Wildman–Crippen LogP) is 2.37. The third kappa shape index (κ3) is 4.53. The molecule has 5 heteroatoms. The van der Waals surface area contributed by atoms with E-state index >= 15 is 0 Å². The fraction of sp³-hybridized carbons (Fsp3) is 0.786. The van der Waals surface area contributed by atoms with Crippen molar-refractivity contribution >= 4 is 11.3 Å². The number of hydrogen-bond acceptors (Lipinski definition) is 5. The molecule has 0 radical (unpaired) electrons. The summed E-state index contributed by atoms with van der Waals surface area (Å²) in [5, 5.41) is 4.68. The Morgan fingerprint density at radius 1 is 1.53 bits per heavy atom. The van der Waals surface area contributed by atoms with E-state index in [1.807, 2.05) is 11.3 Å². The zero-order valence-electron chi connectivity index (χ0n) is 12.1. The van der Waals surface area contributed by atoms with Crippen molar-refractivity contribution in [3.8, 4) is 0 Å². The van der Waals surface area contributed by atoms with Gasteiger partial charge >= 0.3 is 0 Å². The van der Waals surface area contributed by atoms with Crippen molar-refractivity contribution in [2.45, 2.75) is 45.9 Å². The highest BCUT2D eigenvalue weighted by molar-refractivity contribution is 7.11. The Morgan fingerprint density at radius 2 is 2.37 bits per heavy atom. The first kappa shape index (κ1) is 14.9. The quantitative estimate of drug-likeness (QED) is 0.835. The van der Waals surface area contributed by atoms with Crippen LogP contribution >= 0.6 is 11.3 Å². The predicted molar refractivity (Wildman–Crippen MR) is 77.4 cm³/mol. The molecule has 0 saturated carbocycles. The van der Waals surface area contributed by atoms with Gasteiger partial charge in [-0.25, -0.2) is 4.98 Å². The molecule has 4 nitrogen and oxygen atoms in total. The average molecular weight is 284 g/mol. The molecule has 0 aromatic carbocycles. The Labute approximate surface area is 119 Å². The van der Waals surface area contributed by atoms with Crippen LogP contribution in [0.4, 0.5) is 0 Å². The maximum Gasteiger partial charge on any atom is 0.0936 e. The number of hydrogen-bond donors (Lipinski definition) is 1. The lowest BCUT2D eigenvalue weighted by Gasteiger charge is -2.07. The lowest BCUT2D eigenvalue weighted by atomic mass is 10.1. The maximum atomic E-state index is 5.43. The van der Waals surface area contributed by atoms with Crippen LogP contribution in [-0.4, -0.2) is 31.3 Å². The molecule has 1 saturated heterocycles. The van der Waals surface area contributed by atoms with Crippen molar-refractivity contribution in [3.05, 3.63) is 15.6 Å². The van der Waals surface area contributed by atoms with Crippen LogP contribution in [0.3, 0.4) is 0 Å². The Hall–Kier alpha value is -0.490. The fourth-order valence-electron chi connectivity index (χ4n) is 2.20. The van der Waals surface area contributed by atoms with E-state index in [2.05, 4.69) is 19.2 Å². The molecular formula is C14H24N2O2S. The molecule has 1 aliphatic heterocycles. The highest BCUT2D eigenvalue weighted by Crippen LogP contribution is 2.25. The molecule has 1 aromatic heterocycles. The van der Waals surface area contributed by atoms with Crippen LogP contribution < -0.4 is 5.32 Å². The Morgan fingerprint density at radius 3 is 3.00 bits per heavy atom. The Balaban J connectivity index is 2.00. The van der Waals surface area contributed by atoms with Gasteiger partial charge in [0.05, 0.1) is 17.3 Å². The molecule has 1 aromatic rings. The fourth-order valence-corrected chi connectivity index (χ4v) is 3.34. The van der Waals surface area contributed by atoms with Gasteiger partial charge in [0.15, 0.2) is 0 Å². The number of thiazole rings is 1. The normalized spacial score (nSPS) is 19.5. The van der Waals surface area contributed by atoms with Crippen LogP contribution in [0.2, 0.25) is 0 Å². The van der Waals surface area contributed by atoms with Crippen LogP contribution in [0.25, 0.3) is 0 Å². The van der Waals surface area contributed by atoms with Gasteiger partial charge in [0, 0.05) is 44.2 Å². The number of nitrogens with one attached hydrogen (secondary N) is 1. The van der Waals surface area contributed by atoms with E-state index in [9.17, 15) is 0 Å². The van der Waals surface area contributed by atoms with Gasteiger partial charge in [-0.1, -0.05) is 13.8 Å². The van der Waals surface area contributed by atoms with Crippen molar-refractivity contribution in [1.82, 2.24) is 10.3 Å². The molecule has 2 heterocycles. The summed E-state index contributed by atoms with van der Waals surface area (Å²) in [4.78, 5) is 6.05. The van der Waals surface area contributed by atoms with Crippen molar-refractivity contribution in [3.63, 3.8) is 0 Å². The summed E-state index contributed by atoms with van der Waals surface area (Å²) in [6.45, 7) is 7.60. The number of rotatable bonds is 7. The molecule has 1 atom stereocenters. The molecule has 19 heavy (non-hydrogen) atoms. The summed E-state index contributed by atoms with van der Waals surface area (Å²) >= 11 is 1.82. The van der Waals surface area contributed by atoms with E-state index < -0.39 is 0 Å². The Kier molecular flexibility index (Phi) is 5.76. The number of aromatic nitrogens is 1. The van der Waals surface area contributed by atoms with Crippen LogP contribution in [0.5, 0.6) is 0 Å². The summed E-state index contributed by atoms with van der Waals surface area (Å²) < 4.78 is 10.7. The van der Waals surface area contributed by atoms with Gasteiger partial charge < -0.3 is 14.8 Å². The zero-order valence-corrected chi connectivity index (χ0v) is 12.9. The molecule has 1 fully saturated rings. The third-order valence-corrected chi connectivity index (χ3v) is 4.38. The summed E-state index contributed by atoms with van der Waals surface area (Å²) in [7, 11) is 1.73. The monoisotopic (exact) mass is 284 g/mol. The summed E-state index contributed by atoms with van der Waals surface area (Å²) in [5.74, 6) is 0.646. The number of ether oxygens (including phenoxy) is 2. The maximum absolute atomic E-state index is 5.43. The van der Waals surface area contributed by atoms with E-state index in [1.165, 1.54) is 16.3 Å². The van der Waals surface area contributed by atoms with Crippen LogP contribution in [0, 0.1) is 5.92 Å². The van der Waals surface area contributed by atoms with Crippen molar-refractivity contribution in [2.75, 3.05) is 20.3 Å². The molecule has 0 spiro atoms. The van der Waals surface area contributed by atoms with Gasteiger partial charge in [0.25, 0.3) is 0 Å². The minimum absolute atomic E-state index is 0.490. The minimum atomic E-state index is 0.490. The zero-order chi connectivity index (χ0) is 13.7. The highest BCUT2D eigenvalue weighted by Gasteiger charge is 2.19. The number of nitrogens with zero attached hydrogens (tertiary/aromatic N) is 1. The molecule has 108 valence electrons. The van der Waals surface area contributed by atoms with Crippen LogP contribution in [0.15, 0.2) is 0 Å². The van der Waals surface area contributed by atoms with E-state index in [-0.39, 0.29) is 0 Å². The smallest absolute Gasteiger partial charge is 0.0936 e. The summed E-state index contributed by atoms with van der Waals surface area (Å²) in [6, 6.07) is 0.490. The average Bonchev–Trinajstić information content (AvgIpc) is 2.98. The molecule has 0 amide bonds. The standard InChI is InChI=1S/C14H24N2O2S/c1-10(2)15-7-13-12(9-17-3)16-14(19-13)6-11-4-5-18-8-11/h10-11,15H,4-9H2,1-3H3. The molecular weight excluding hydrogens is 260 g/mol. The molecule has 2 rings (SSSR count). The van der Waals surface area contributed by atoms with E-state index in [0.717, 1.165) is 31.9 Å². The van der Waals surface area contributed by atoms with E-state index in [1.54, 1.807) is 7.11 Å². The molecule has 0 bridgehead atoms. The first-order valence-electron chi connectivity index (χ1n) is 6.96. The van der Waals surface area contributed by atoms with Gasteiger partial charge in [0.1, 0.15) is 0 Å². The summed E-state index contributed by atoms with van der Waals surface area (Å²) in [6.07, 6.45) is 2.21. The van der Waals surface area contributed by atoms with Gasteiger partial charge in [-0.2, -0.15) is 0 Å². The molecule has 0 aliphatic carbocycles. The second-order valence-electron chi connectivity index (χ2n) is 5.38. The Bertz CT molecular complexity index is 387. The lowest BCUT2D eigenvalue weighted by molar-refractivity contribution is 0.180. The van der Waals surface area contributed by atoms with E-state index in [0.29, 0.717) is 18.6 Å². The van der Waals surface area contributed by atoms with Gasteiger partial charge in [-0.05, 0) is 12.3 Å². The van der Waals surface area contributed by atoms with Gasteiger partial charge in [0.2, 0.25) is 0 Å². The SMILES string of the molecule is COCc1nc(CC2CCOC2)sc1CNC(C)C. The van der Waals surface area contributed by atoms with Gasteiger partial charge in [-0.15, -0.1) is 11.3 Å². The van der Waals surface area contributed by atoms with Crippen LogP contribution in [-0.2, 0) is 29.0 Å². The first-order valence-corrected chi connectivity index (χ1v) is 7.78. The second-order valence-corrected chi connectivity index (χ2v) is 6.55. The molecule has 1 aliphatic rings. The van der Waals surface area contributed by atoms with Gasteiger partial charge in [-0.3, -0.25) is 0 Å². The summed E-state index contributed by atoms with van der Waals surface area (Å²) in [5.41, 5.74) is 1.09. The van der Waals surface area contributed by atoms with Crippen molar-refractivity contribution in [1.29, 1.82) is 0 Å². The van der Waals surface area contributed by atoms with Crippen molar-refractivity contribution < 1.29 is 9.47 Å².